The summed E-state index contributed by atoms with van der Waals surface area (Å²) in [4.78, 5) is 13.3. The fourth-order valence-electron chi connectivity index (χ4n) is 1.56. The van der Waals surface area contributed by atoms with Crippen molar-refractivity contribution in [1.82, 2.24) is 4.98 Å². The van der Waals surface area contributed by atoms with Crippen molar-refractivity contribution in [1.29, 1.82) is 0 Å². The molecule has 0 fully saturated rings. The molecule has 1 aromatic heterocycles. The van der Waals surface area contributed by atoms with Crippen molar-refractivity contribution >= 4 is 43.0 Å². The second kappa shape index (κ2) is 5.10. The van der Waals surface area contributed by atoms with Gasteiger partial charge in [-0.3, -0.25) is 9.52 Å². The standard InChI is InChI=1S/C11H11BrN2O3S2/c1-6-3-4-8(12)9(5-6)14-19(16,17)10-7(2)13-11(15)18-10/h3-5,14H,1-2H3,(H,13,15). The van der Waals surface area contributed by atoms with E-state index in [-0.39, 0.29) is 9.08 Å². The van der Waals surface area contributed by atoms with Gasteiger partial charge in [-0.2, -0.15) is 0 Å². The first-order valence-corrected chi connectivity index (χ1v) is 8.37. The van der Waals surface area contributed by atoms with Crippen LogP contribution in [-0.2, 0) is 10.0 Å². The molecule has 1 aromatic carbocycles. The number of benzene rings is 1. The van der Waals surface area contributed by atoms with Gasteiger partial charge < -0.3 is 4.98 Å². The molecule has 0 amide bonds. The summed E-state index contributed by atoms with van der Waals surface area (Å²) in [5, 5.41) is 0. The van der Waals surface area contributed by atoms with E-state index in [9.17, 15) is 13.2 Å². The molecule has 0 atom stereocenters. The van der Waals surface area contributed by atoms with Crippen molar-refractivity contribution in [3.63, 3.8) is 0 Å². The molecule has 2 rings (SSSR count). The van der Waals surface area contributed by atoms with Gasteiger partial charge in [-0.25, -0.2) is 8.42 Å². The van der Waals surface area contributed by atoms with Crippen LogP contribution in [0.3, 0.4) is 0 Å². The van der Waals surface area contributed by atoms with Gasteiger partial charge in [-0.05, 0) is 47.5 Å². The average Bonchev–Trinajstić information content (AvgIpc) is 2.63. The molecule has 0 unspecified atom stereocenters. The molecular formula is C11H11BrN2O3S2. The van der Waals surface area contributed by atoms with E-state index in [0.29, 0.717) is 27.2 Å². The molecule has 102 valence electrons. The number of rotatable bonds is 3. The molecule has 0 radical (unpaired) electrons. The van der Waals surface area contributed by atoms with Gasteiger partial charge >= 0.3 is 4.87 Å². The fourth-order valence-corrected chi connectivity index (χ4v) is 4.40. The minimum absolute atomic E-state index is 0.00547. The lowest BCUT2D eigenvalue weighted by atomic mass is 10.2. The van der Waals surface area contributed by atoms with E-state index in [2.05, 4.69) is 25.6 Å². The van der Waals surface area contributed by atoms with E-state index in [1.807, 2.05) is 13.0 Å². The molecule has 0 aliphatic carbocycles. The molecule has 19 heavy (non-hydrogen) atoms. The first-order chi connectivity index (χ1) is 8.79. The van der Waals surface area contributed by atoms with E-state index < -0.39 is 10.0 Å². The average molecular weight is 363 g/mol. The summed E-state index contributed by atoms with van der Waals surface area (Å²) < 4.78 is 27.6. The van der Waals surface area contributed by atoms with E-state index in [0.717, 1.165) is 5.56 Å². The minimum atomic E-state index is -3.76. The molecule has 2 aromatic rings. The van der Waals surface area contributed by atoms with Crippen molar-refractivity contribution < 1.29 is 8.42 Å². The fraction of sp³-hybridized carbons (Fsp3) is 0.182. The lowest BCUT2D eigenvalue weighted by molar-refractivity contribution is 0.602. The van der Waals surface area contributed by atoms with Gasteiger partial charge in [0.1, 0.15) is 0 Å². The molecule has 5 nitrogen and oxygen atoms in total. The molecule has 2 N–H and O–H groups in total. The summed E-state index contributed by atoms with van der Waals surface area (Å²) >= 11 is 3.96. The summed E-state index contributed by atoms with van der Waals surface area (Å²) in [7, 11) is -3.76. The van der Waals surface area contributed by atoms with Crippen molar-refractivity contribution in [3.8, 4) is 0 Å². The zero-order valence-corrected chi connectivity index (χ0v) is 13.4. The first-order valence-electron chi connectivity index (χ1n) is 5.28. The summed E-state index contributed by atoms with van der Waals surface area (Å²) in [6, 6.07) is 5.34. The lowest BCUT2D eigenvalue weighted by Crippen LogP contribution is -2.13. The highest BCUT2D eigenvalue weighted by molar-refractivity contribution is 9.10. The van der Waals surface area contributed by atoms with Crippen LogP contribution in [0.4, 0.5) is 5.69 Å². The van der Waals surface area contributed by atoms with Crippen molar-refractivity contribution in [2.24, 2.45) is 0 Å². The number of halogens is 1. The highest BCUT2D eigenvalue weighted by Gasteiger charge is 2.21. The Morgan fingerprint density at radius 3 is 2.58 bits per heavy atom. The maximum Gasteiger partial charge on any atom is 0.306 e. The summed E-state index contributed by atoms with van der Waals surface area (Å²) in [6.07, 6.45) is 0. The van der Waals surface area contributed by atoms with Crippen LogP contribution < -0.4 is 9.60 Å². The van der Waals surface area contributed by atoms with Crippen LogP contribution in [0, 0.1) is 13.8 Å². The van der Waals surface area contributed by atoms with Crippen LogP contribution in [0.5, 0.6) is 0 Å². The quantitative estimate of drug-likeness (QED) is 0.880. The Bertz CT molecular complexity index is 777. The third-order valence-electron chi connectivity index (χ3n) is 2.39. The van der Waals surface area contributed by atoms with Crippen LogP contribution >= 0.6 is 27.3 Å². The van der Waals surface area contributed by atoms with Crippen molar-refractivity contribution in [3.05, 3.63) is 43.6 Å². The monoisotopic (exact) mass is 362 g/mol. The Labute approximate surface area is 122 Å². The normalized spacial score (nSPS) is 11.5. The lowest BCUT2D eigenvalue weighted by Gasteiger charge is -2.09. The van der Waals surface area contributed by atoms with E-state index in [1.54, 1.807) is 19.1 Å². The minimum Gasteiger partial charge on any atom is -0.315 e. The van der Waals surface area contributed by atoms with Crippen molar-refractivity contribution in [2.75, 3.05) is 4.72 Å². The predicted molar refractivity (Wildman–Crippen MR) is 79.4 cm³/mol. The maximum absolute atomic E-state index is 12.2. The van der Waals surface area contributed by atoms with Gasteiger partial charge in [-0.15, -0.1) is 0 Å². The van der Waals surface area contributed by atoms with Crippen molar-refractivity contribution in [2.45, 2.75) is 18.1 Å². The zero-order valence-electron chi connectivity index (χ0n) is 10.2. The Kier molecular flexibility index (Phi) is 3.84. The third kappa shape index (κ3) is 3.07. The first kappa shape index (κ1) is 14.3. The zero-order chi connectivity index (χ0) is 14.2. The molecular weight excluding hydrogens is 352 g/mol. The number of nitrogens with one attached hydrogen (secondary N) is 2. The van der Waals surface area contributed by atoms with Gasteiger partial charge in [0.15, 0.2) is 4.21 Å². The van der Waals surface area contributed by atoms with Gasteiger partial charge in [0.25, 0.3) is 10.0 Å². The van der Waals surface area contributed by atoms with Gasteiger partial charge in [0.05, 0.1) is 5.69 Å². The number of sulfonamides is 1. The van der Waals surface area contributed by atoms with Crippen LogP contribution in [0.2, 0.25) is 0 Å². The molecule has 0 spiro atoms. The van der Waals surface area contributed by atoms with Gasteiger partial charge in [0.2, 0.25) is 0 Å². The SMILES string of the molecule is Cc1ccc(Br)c(NS(=O)(=O)c2sc(=O)[nH]c2C)c1. The van der Waals surface area contributed by atoms with Gasteiger partial charge in [-0.1, -0.05) is 17.4 Å². The molecule has 0 saturated carbocycles. The highest BCUT2D eigenvalue weighted by atomic mass is 79.9. The Balaban J connectivity index is 2.45. The molecule has 0 saturated heterocycles. The number of hydrogen-bond donors (Lipinski definition) is 2. The second-order valence-electron chi connectivity index (χ2n) is 4.02. The molecule has 0 bridgehead atoms. The summed E-state index contributed by atoms with van der Waals surface area (Å²) in [5.74, 6) is 0. The third-order valence-corrected chi connectivity index (χ3v) is 6.05. The number of hydrogen-bond acceptors (Lipinski definition) is 4. The maximum atomic E-state index is 12.2. The van der Waals surface area contributed by atoms with E-state index in [4.69, 9.17) is 0 Å². The van der Waals surface area contributed by atoms with E-state index in [1.165, 1.54) is 0 Å². The highest BCUT2D eigenvalue weighted by Crippen LogP contribution is 2.27. The number of aryl methyl sites for hydroxylation is 2. The number of anilines is 1. The second-order valence-corrected chi connectivity index (χ2v) is 7.73. The molecule has 1 heterocycles. The Hall–Kier alpha value is -1.12. The topological polar surface area (TPSA) is 79.0 Å². The van der Waals surface area contributed by atoms with Crippen LogP contribution in [0.15, 0.2) is 31.7 Å². The number of thiazole rings is 1. The largest absolute Gasteiger partial charge is 0.315 e. The summed E-state index contributed by atoms with van der Waals surface area (Å²) in [6.45, 7) is 3.42. The smallest absolute Gasteiger partial charge is 0.306 e. The predicted octanol–water partition coefficient (Wildman–Crippen LogP) is 2.62. The van der Waals surface area contributed by atoms with Crippen LogP contribution in [0.25, 0.3) is 0 Å². The van der Waals surface area contributed by atoms with Gasteiger partial charge in [0, 0.05) is 10.2 Å². The number of aromatic nitrogens is 1. The Morgan fingerprint density at radius 2 is 2.00 bits per heavy atom. The molecule has 8 heteroatoms. The van der Waals surface area contributed by atoms with Crippen LogP contribution in [-0.4, -0.2) is 13.4 Å². The molecule has 0 aliphatic rings. The van der Waals surface area contributed by atoms with E-state index >= 15 is 0 Å². The van der Waals surface area contributed by atoms with Crippen LogP contribution in [0.1, 0.15) is 11.3 Å². The number of aromatic amines is 1. The summed E-state index contributed by atoms with van der Waals surface area (Å²) in [5.41, 5.74) is 1.71. The Morgan fingerprint density at radius 1 is 1.32 bits per heavy atom. The molecule has 0 aliphatic heterocycles. The number of H-pyrrole nitrogens is 1.